The van der Waals surface area contributed by atoms with Crippen molar-refractivity contribution >= 4 is 0 Å². The standard InChI is InChI=1S/C13H16FN3/c1-10-2-3-11(8-12(10)14)9-15-5-4-13-16-6-7-17-13/h2-3,6-8,15H,4-5,9H2,1H3,(H,16,17). The number of hydrogen-bond donors (Lipinski definition) is 2. The SMILES string of the molecule is Cc1ccc(CNCCc2ncc[nH]2)cc1F. The lowest BCUT2D eigenvalue weighted by atomic mass is 10.1. The molecule has 90 valence electrons. The van der Waals surface area contributed by atoms with Gasteiger partial charge in [0, 0.05) is 31.9 Å². The molecular weight excluding hydrogens is 217 g/mol. The van der Waals surface area contributed by atoms with E-state index in [1.165, 1.54) is 0 Å². The Morgan fingerprint density at radius 1 is 1.41 bits per heavy atom. The number of imidazole rings is 1. The van der Waals surface area contributed by atoms with Crippen molar-refractivity contribution in [2.45, 2.75) is 19.9 Å². The van der Waals surface area contributed by atoms with Crippen LogP contribution in [0.5, 0.6) is 0 Å². The van der Waals surface area contributed by atoms with Crippen LogP contribution in [-0.4, -0.2) is 16.5 Å². The van der Waals surface area contributed by atoms with E-state index in [1.807, 2.05) is 12.3 Å². The van der Waals surface area contributed by atoms with Crippen molar-refractivity contribution in [2.75, 3.05) is 6.54 Å². The molecule has 0 unspecified atom stereocenters. The fourth-order valence-corrected chi connectivity index (χ4v) is 1.62. The highest BCUT2D eigenvalue weighted by Crippen LogP contribution is 2.08. The van der Waals surface area contributed by atoms with E-state index < -0.39 is 0 Å². The smallest absolute Gasteiger partial charge is 0.126 e. The first-order valence-electron chi connectivity index (χ1n) is 5.70. The minimum Gasteiger partial charge on any atom is -0.349 e. The zero-order chi connectivity index (χ0) is 12.1. The highest BCUT2D eigenvalue weighted by molar-refractivity contribution is 5.23. The summed E-state index contributed by atoms with van der Waals surface area (Å²) in [7, 11) is 0. The first-order chi connectivity index (χ1) is 8.25. The van der Waals surface area contributed by atoms with Crippen molar-refractivity contribution in [1.82, 2.24) is 15.3 Å². The maximum atomic E-state index is 13.3. The summed E-state index contributed by atoms with van der Waals surface area (Å²) in [5, 5.41) is 3.26. The van der Waals surface area contributed by atoms with E-state index in [9.17, 15) is 4.39 Å². The molecule has 0 aliphatic heterocycles. The fraction of sp³-hybridized carbons (Fsp3) is 0.308. The van der Waals surface area contributed by atoms with E-state index in [2.05, 4.69) is 15.3 Å². The zero-order valence-corrected chi connectivity index (χ0v) is 9.83. The van der Waals surface area contributed by atoms with Crippen LogP contribution in [0.1, 0.15) is 17.0 Å². The average molecular weight is 233 g/mol. The van der Waals surface area contributed by atoms with Crippen LogP contribution < -0.4 is 5.32 Å². The van der Waals surface area contributed by atoms with E-state index in [0.717, 1.165) is 24.4 Å². The molecule has 0 saturated carbocycles. The molecule has 0 saturated heterocycles. The summed E-state index contributed by atoms with van der Waals surface area (Å²) in [6, 6.07) is 5.33. The van der Waals surface area contributed by atoms with Crippen LogP contribution in [0.3, 0.4) is 0 Å². The minimum atomic E-state index is -0.143. The summed E-state index contributed by atoms with van der Waals surface area (Å²) in [5.41, 5.74) is 1.65. The van der Waals surface area contributed by atoms with Crippen LogP contribution >= 0.6 is 0 Å². The second kappa shape index (κ2) is 5.59. The van der Waals surface area contributed by atoms with Crippen molar-refractivity contribution in [3.05, 3.63) is 53.4 Å². The summed E-state index contributed by atoms with van der Waals surface area (Å²) >= 11 is 0. The topological polar surface area (TPSA) is 40.7 Å². The molecule has 1 aromatic carbocycles. The number of hydrogen-bond acceptors (Lipinski definition) is 2. The van der Waals surface area contributed by atoms with Gasteiger partial charge in [0.25, 0.3) is 0 Å². The number of nitrogens with zero attached hydrogens (tertiary/aromatic N) is 1. The molecule has 0 atom stereocenters. The molecule has 2 N–H and O–H groups in total. The van der Waals surface area contributed by atoms with Gasteiger partial charge in [-0.15, -0.1) is 0 Å². The van der Waals surface area contributed by atoms with E-state index in [4.69, 9.17) is 0 Å². The van der Waals surface area contributed by atoms with Crippen molar-refractivity contribution in [2.24, 2.45) is 0 Å². The van der Waals surface area contributed by atoms with E-state index in [1.54, 1.807) is 25.3 Å². The third-order valence-electron chi connectivity index (χ3n) is 2.66. The molecule has 0 spiro atoms. The van der Waals surface area contributed by atoms with Crippen LogP contribution in [0, 0.1) is 12.7 Å². The average Bonchev–Trinajstić information content (AvgIpc) is 2.82. The Balaban J connectivity index is 1.76. The first-order valence-corrected chi connectivity index (χ1v) is 5.70. The molecule has 0 fully saturated rings. The van der Waals surface area contributed by atoms with Crippen molar-refractivity contribution in [3.8, 4) is 0 Å². The summed E-state index contributed by atoms with van der Waals surface area (Å²) < 4.78 is 13.3. The van der Waals surface area contributed by atoms with Gasteiger partial charge < -0.3 is 10.3 Å². The molecule has 0 radical (unpaired) electrons. The van der Waals surface area contributed by atoms with Gasteiger partial charge >= 0.3 is 0 Å². The minimum absolute atomic E-state index is 0.143. The Hall–Kier alpha value is -1.68. The number of aromatic nitrogens is 2. The summed E-state index contributed by atoms with van der Waals surface area (Å²) in [4.78, 5) is 7.17. The van der Waals surface area contributed by atoms with Gasteiger partial charge in [-0.1, -0.05) is 12.1 Å². The third-order valence-corrected chi connectivity index (χ3v) is 2.66. The Morgan fingerprint density at radius 2 is 2.29 bits per heavy atom. The van der Waals surface area contributed by atoms with Gasteiger partial charge in [-0.3, -0.25) is 0 Å². The van der Waals surface area contributed by atoms with Crippen molar-refractivity contribution in [3.63, 3.8) is 0 Å². The van der Waals surface area contributed by atoms with E-state index in [0.29, 0.717) is 12.1 Å². The monoisotopic (exact) mass is 233 g/mol. The third kappa shape index (κ3) is 3.39. The van der Waals surface area contributed by atoms with Gasteiger partial charge in [0.1, 0.15) is 11.6 Å². The van der Waals surface area contributed by atoms with Gasteiger partial charge in [-0.2, -0.15) is 0 Å². The van der Waals surface area contributed by atoms with Crippen LogP contribution in [0.25, 0.3) is 0 Å². The lowest BCUT2D eigenvalue weighted by Crippen LogP contribution is -2.17. The Morgan fingerprint density at radius 3 is 3.00 bits per heavy atom. The quantitative estimate of drug-likeness (QED) is 0.777. The summed E-state index contributed by atoms with van der Waals surface area (Å²) in [5.74, 6) is 0.822. The Labute approximate surface area is 100 Å². The molecule has 0 aliphatic carbocycles. The summed E-state index contributed by atoms with van der Waals surface area (Å²) in [6.45, 7) is 3.27. The van der Waals surface area contributed by atoms with Crippen LogP contribution in [0.15, 0.2) is 30.6 Å². The maximum Gasteiger partial charge on any atom is 0.126 e. The van der Waals surface area contributed by atoms with E-state index >= 15 is 0 Å². The molecule has 2 aromatic rings. The lowest BCUT2D eigenvalue weighted by molar-refractivity contribution is 0.610. The number of aromatic amines is 1. The summed E-state index contributed by atoms with van der Waals surface area (Å²) in [6.07, 6.45) is 4.40. The van der Waals surface area contributed by atoms with Gasteiger partial charge in [0.15, 0.2) is 0 Å². The maximum absolute atomic E-state index is 13.3. The second-order valence-corrected chi connectivity index (χ2v) is 4.05. The largest absolute Gasteiger partial charge is 0.349 e. The fourth-order valence-electron chi connectivity index (χ4n) is 1.62. The highest BCUT2D eigenvalue weighted by Gasteiger charge is 1.99. The lowest BCUT2D eigenvalue weighted by Gasteiger charge is -2.05. The number of aryl methyl sites for hydroxylation is 1. The molecule has 0 aliphatic rings. The van der Waals surface area contributed by atoms with Gasteiger partial charge in [-0.05, 0) is 24.1 Å². The molecule has 1 aromatic heterocycles. The van der Waals surface area contributed by atoms with Crippen LogP contribution in [0.2, 0.25) is 0 Å². The Kier molecular flexibility index (Phi) is 3.88. The molecule has 17 heavy (non-hydrogen) atoms. The number of H-pyrrole nitrogens is 1. The molecule has 1 heterocycles. The second-order valence-electron chi connectivity index (χ2n) is 4.05. The molecule has 3 nitrogen and oxygen atoms in total. The van der Waals surface area contributed by atoms with E-state index in [-0.39, 0.29) is 5.82 Å². The van der Waals surface area contributed by atoms with Crippen molar-refractivity contribution in [1.29, 1.82) is 0 Å². The number of benzene rings is 1. The molecule has 0 amide bonds. The molecule has 2 rings (SSSR count). The van der Waals surface area contributed by atoms with Gasteiger partial charge in [0.05, 0.1) is 0 Å². The number of nitrogens with one attached hydrogen (secondary N) is 2. The van der Waals surface area contributed by atoms with Gasteiger partial charge in [0.2, 0.25) is 0 Å². The molecule has 4 heteroatoms. The van der Waals surface area contributed by atoms with Crippen LogP contribution in [-0.2, 0) is 13.0 Å². The number of rotatable bonds is 5. The normalized spacial score (nSPS) is 10.7. The molecular formula is C13H16FN3. The molecule has 0 bridgehead atoms. The predicted octanol–water partition coefficient (Wildman–Crippen LogP) is 2.19. The van der Waals surface area contributed by atoms with Gasteiger partial charge in [-0.25, -0.2) is 9.37 Å². The number of halogens is 1. The predicted molar refractivity (Wildman–Crippen MR) is 65.1 cm³/mol. The first kappa shape index (κ1) is 11.8. The highest BCUT2D eigenvalue weighted by atomic mass is 19.1. The zero-order valence-electron chi connectivity index (χ0n) is 9.83. The van der Waals surface area contributed by atoms with Crippen LogP contribution in [0.4, 0.5) is 4.39 Å². The Bertz CT molecular complexity index is 466. The van der Waals surface area contributed by atoms with Crippen molar-refractivity contribution < 1.29 is 4.39 Å².